The molecule has 1 aliphatic heterocycles. The van der Waals surface area contributed by atoms with E-state index in [1.165, 1.54) is 0 Å². The lowest BCUT2D eigenvalue weighted by Crippen LogP contribution is -2.31. The number of carbonyl (C=O) groups is 1. The Balaban J connectivity index is 2.09. The van der Waals surface area contributed by atoms with Gasteiger partial charge in [-0.2, -0.15) is 5.26 Å². The molecule has 0 saturated heterocycles. The largest absolute Gasteiger partial charge is 0.479 e. The van der Waals surface area contributed by atoms with Gasteiger partial charge >= 0.3 is 0 Å². The van der Waals surface area contributed by atoms with E-state index in [2.05, 4.69) is 10.3 Å². The Labute approximate surface area is 156 Å². The molecule has 0 fully saturated rings. The summed E-state index contributed by atoms with van der Waals surface area (Å²) in [5.41, 5.74) is 12.9. The zero-order valence-corrected chi connectivity index (χ0v) is 15.4. The minimum absolute atomic E-state index is 0.0472. The van der Waals surface area contributed by atoms with Crippen molar-refractivity contribution >= 4 is 11.8 Å². The number of hydrogen-bond acceptors (Lipinski definition) is 7. The highest BCUT2D eigenvalue weighted by Crippen LogP contribution is 2.42. The van der Waals surface area contributed by atoms with Crippen LogP contribution in [0.3, 0.4) is 0 Å². The summed E-state index contributed by atoms with van der Waals surface area (Å²) in [6, 6.07) is 8.92. The SMILES string of the molecule is CC(C)(C)c1nc2c(o1)NC(N)=C(C(N)=O)[C@@H]2c1ccc(OCC#N)cc1. The Bertz CT molecular complexity index is 945. The lowest BCUT2D eigenvalue weighted by molar-refractivity contribution is -0.114. The van der Waals surface area contributed by atoms with Crippen LogP contribution in [-0.4, -0.2) is 17.5 Å². The number of amides is 1. The van der Waals surface area contributed by atoms with Gasteiger partial charge in [-0.3, -0.25) is 4.79 Å². The lowest BCUT2D eigenvalue weighted by atomic mass is 9.85. The predicted octanol–water partition coefficient (Wildman–Crippen LogP) is 2.09. The van der Waals surface area contributed by atoms with Gasteiger partial charge in [0.2, 0.25) is 17.7 Å². The van der Waals surface area contributed by atoms with Crippen LogP contribution in [0, 0.1) is 11.3 Å². The second-order valence-electron chi connectivity index (χ2n) is 7.25. The van der Waals surface area contributed by atoms with Crippen LogP contribution >= 0.6 is 0 Å². The van der Waals surface area contributed by atoms with E-state index in [0.717, 1.165) is 5.56 Å². The Kier molecular flexibility index (Phi) is 4.54. The average Bonchev–Trinajstić information content (AvgIpc) is 3.03. The molecule has 8 nitrogen and oxygen atoms in total. The number of benzene rings is 1. The summed E-state index contributed by atoms with van der Waals surface area (Å²) >= 11 is 0. The summed E-state index contributed by atoms with van der Waals surface area (Å²) in [7, 11) is 0. The van der Waals surface area contributed by atoms with Crippen LogP contribution in [0.1, 0.15) is 43.8 Å². The number of carbonyl (C=O) groups excluding carboxylic acids is 1. The third-order valence-corrected chi connectivity index (χ3v) is 4.18. The summed E-state index contributed by atoms with van der Waals surface area (Å²) in [6.45, 7) is 5.89. The molecule has 8 heteroatoms. The van der Waals surface area contributed by atoms with Crippen LogP contribution < -0.4 is 21.5 Å². The Morgan fingerprint density at radius 3 is 2.59 bits per heavy atom. The fourth-order valence-electron chi connectivity index (χ4n) is 2.89. The summed E-state index contributed by atoms with van der Waals surface area (Å²) in [5, 5.41) is 11.5. The zero-order chi connectivity index (χ0) is 19.8. The minimum Gasteiger partial charge on any atom is -0.479 e. The monoisotopic (exact) mass is 367 g/mol. The Hall–Kier alpha value is -3.47. The van der Waals surface area contributed by atoms with Gasteiger partial charge in [0, 0.05) is 5.41 Å². The first-order valence-corrected chi connectivity index (χ1v) is 8.39. The molecule has 1 aliphatic rings. The van der Waals surface area contributed by atoms with Gasteiger partial charge in [0.05, 0.1) is 11.5 Å². The van der Waals surface area contributed by atoms with Crippen LogP contribution in [0.5, 0.6) is 5.75 Å². The maximum atomic E-state index is 12.1. The summed E-state index contributed by atoms with van der Waals surface area (Å²) in [4.78, 5) is 16.7. The van der Waals surface area contributed by atoms with Crippen molar-refractivity contribution in [3.8, 4) is 11.8 Å². The highest BCUT2D eigenvalue weighted by atomic mass is 16.5. The molecule has 1 aromatic carbocycles. The molecule has 0 spiro atoms. The van der Waals surface area contributed by atoms with Crippen LogP contribution in [-0.2, 0) is 10.2 Å². The molecule has 2 heterocycles. The molecular weight excluding hydrogens is 346 g/mol. The molecular formula is C19H21N5O3. The molecule has 3 rings (SSSR count). The number of ether oxygens (including phenoxy) is 1. The van der Waals surface area contributed by atoms with E-state index < -0.39 is 11.8 Å². The van der Waals surface area contributed by atoms with Crippen molar-refractivity contribution in [3.63, 3.8) is 0 Å². The van der Waals surface area contributed by atoms with Crippen molar-refractivity contribution in [1.29, 1.82) is 5.26 Å². The zero-order valence-electron chi connectivity index (χ0n) is 15.4. The molecule has 5 N–H and O–H groups in total. The van der Waals surface area contributed by atoms with E-state index in [4.69, 9.17) is 25.9 Å². The van der Waals surface area contributed by atoms with Crippen LogP contribution in [0.15, 0.2) is 40.1 Å². The highest BCUT2D eigenvalue weighted by Gasteiger charge is 2.37. The first-order valence-electron chi connectivity index (χ1n) is 8.39. The highest BCUT2D eigenvalue weighted by molar-refractivity contribution is 5.96. The number of nitriles is 1. The van der Waals surface area contributed by atoms with Gasteiger partial charge in [-0.1, -0.05) is 32.9 Å². The number of primary amides is 1. The normalized spacial score (nSPS) is 16.3. The van der Waals surface area contributed by atoms with E-state index >= 15 is 0 Å². The number of nitrogens with one attached hydrogen (secondary N) is 1. The number of nitrogens with zero attached hydrogens (tertiary/aromatic N) is 2. The first-order chi connectivity index (χ1) is 12.7. The van der Waals surface area contributed by atoms with E-state index in [9.17, 15) is 4.79 Å². The number of fused-ring (bicyclic) bond motifs is 1. The fraction of sp³-hybridized carbons (Fsp3) is 0.316. The average molecular weight is 367 g/mol. The molecule has 27 heavy (non-hydrogen) atoms. The maximum Gasteiger partial charge on any atom is 0.249 e. The van der Waals surface area contributed by atoms with Crippen LogP contribution in [0.4, 0.5) is 5.88 Å². The van der Waals surface area contributed by atoms with E-state index in [0.29, 0.717) is 23.2 Å². The number of anilines is 1. The third kappa shape index (κ3) is 3.44. The van der Waals surface area contributed by atoms with Crippen molar-refractivity contribution in [3.05, 3.63) is 52.8 Å². The van der Waals surface area contributed by atoms with Crippen molar-refractivity contribution in [2.45, 2.75) is 32.1 Å². The molecule has 140 valence electrons. The number of rotatable bonds is 4. The van der Waals surface area contributed by atoms with E-state index in [1.54, 1.807) is 24.3 Å². The van der Waals surface area contributed by atoms with Crippen molar-refractivity contribution in [2.24, 2.45) is 11.5 Å². The molecule has 0 saturated carbocycles. The van der Waals surface area contributed by atoms with Crippen molar-refractivity contribution in [2.75, 3.05) is 11.9 Å². The quantitative estimate of drug-likeness (QED) is 0.751. The summed E-state index contributed by atoms with van der Waals surface area (Å²) < 4.78 is 11.1. The Morgan fingerprint density at radius 1 is 1.37 bits per heavy atom. The van der Waals surface area contributed by atoms with Gasteiger partial charge < -0.3 is 25.9 Å². The smallest absolute Gasteiger partial charge is 0.249 e. The van der Waals surface area contributed by atoms with E-state index in [-0.39, 0.29) is 23.4 Å². The number of hydrogen-bond donors (Lipinski definition) is 3. The number of nitrogens with two attached hydrogens (primary N) is 2. The standard InChI is InChI=1S/C19H21N5O3/c1-19(2,3)18-23-14-12(10-4-6-11(7-5-10)26-9-8-20)13(16(22)25)15(21)24-17(14)27-18/h4-7,12,24H,9,21H2,1-3H3,(H2,22,25)/t12-/m0/s1. The van der Waals surface area contributed by atoms with Gasteiger partial charge in [-0.15, -0.1) is 0 Å². The van der Waals surface area contributed by atoms with Crippen molar-refractivity contribution < 1.29 is 13.9 Å². The number of aromatic nitrogens is 1. The maximum absolute atomic E-state index is 12.1. The van der Waals surface area contributed by atoms with Gasteiger partial charge in [-0.25, -0.2) is 4.98 Å². The second-order valence-corrected chi connectivity index (χ2v) is 7.25. The predicted molar refractivity (Wildman–Crippen MR) is 98.6 cm³/mol. The first kappa shape index (κ1) is 18.3. The topological polar surface area (TPSA) is 140 Å². The molecule has 1 aromatic heterocycles. The molecule has 0 aliphatic carbocycles. The second kappa shape index (κ2) is 6.68. The van der Waals surface area contributed by atoms with Crippen molar-refractivity contribution in [1.82, 2.24) is 4.98 Å². The van der Waals surface area contributed by atoms with Gasteiger partial charge in [0.15, 0.2) is 6.61 Å². The fourth-order valence-corrected chi connectivity index (χ4v) is 2.89. The number of oxazole rings is 1. The molecule has 0 unspecified atom stereocenters. The summed E-state index contributed by atoms with van der Waals surface area (Å²) in [5.74, 6) is 0.406. The molecule has 0 bridgehead atoms. The lowest BCUT2D eigenvalue weighted by Gasteiger charge is -2.24. The molecule has 2 aromatic rings. The third-order valence-electron chi connectivity index (χ3n) is 4.18. The van der Waals surface area contributed by atoms with Crippen LogP contribution in [0.25, 0.3) is 0 Å². The van der Waals surface area contributed by atoms with Gasteiger partial charge in [0.25, 0.3) is 0 Å². The summed E-state index contributed by atoms with van der Waals surface area (Å²) in [6.07, 6.45) is 0. The van der Waals surface area contributed by atoms with Crippen LogP contribution in [0.2, 0.25) is 0 Å². The van der Waals surface area contributed by atoms with E-state index in [1.807, 2.05) is 26.8 Å². The Morgan fingerprint density at radius 2 is 2.04 bits per heavy atom. The minimum atomic E-state index is -0.638. The van der Waals surface area contributed by atoms with Gasteiger partial charge in [-0.05, 0) is 17.7 Å². The molecule has 1 amide bonds. The molecule has 0 radical (unpaired) electrons. The molecule has 1 atom stereocenters. The van der Waals surface area contributed by atoms with Gasteiger partial charge in [0.1, 0.15) is 23.3 Å².